The van der Waals surface area contributed by atoms with Crippen molar-refractivity contribution in [3.8, 4) is 6.07 Å². The zero-order valence-corrected chi connectivity index (χ0v) is 29.2. The molecule has 0 unspecified atom stereocenters. The molecule has 0 saturated carbocycles. The second-order valence-electron chi connectivity index (χ2n) is 13.4. The van der Waals surface area contributed by atoms with Crippen LogP contribution < -0.4 is 9.80 Å². The average molecular weight is 676 g/mol. The maximum Gasteiger partial charge on any atom is 0.181 e. The van der Waals surface area contributed by atoms with E-state index in [0.717, 1.165) is 66.5 Å². The van der Waals surface area contributed by atoms with Gasteiger partial charge in [0.2, 0.25) is 0 Å². The highest BCUT2D eigenvalue weighted by Crippen LogP contribution is 2.46. The maximum atomic E-state index is 10.7. The van der Waals surface area contributed by atoms with E-state index in [9.17, 15) is 5.26 Å². The monoisotopic (exact) mass is 675 g/mol. The number of benzene rings is 5. The minimum atomic E-state index is 0.325. The Bertz CT molecular complexity index is 2550. The first-order chi connectivity index (χ1) is 25.4. The second kappa shape index (κ2) is 12.1. The molecule has 7 nitrogen and oxygen atoms in total. The molecule has 0 aliphatic rings. The lowest BCUT2D eigenvalue weighted by Gasteiger charge is -2.24. The SMILES string of the molecule is Cc1ccc(N(c2ccc(C)cc2)c2nccc3c2oc2c(C#N)c4oc5c(N(c6ccc(C)cc6)c6ccc(C)cc6)nccc5c4cc23)cc1. The predicted octanol–water partition coefficient (Wildman–Crippen LogP) is 12.3. The zero-order chi connectivity index (χ0) is 35.5. The molecule has 0 radical (unpaired) electrons. The molecule has 0 spiro atoms. The highest BCUT2D eigenvalue weighted by Gasteiger charge is 2.27. The summed E-state index contributed by atoms with van der Waals surface area (Å²) in [5.74, 6) is 1.26. The van der Waals surface area contributed by atoms with Crippen molar-refractivity contribution in [2.45, 2.75) is 27.7 Å². The largest absolute Gasteiger partial charge is 0.451 e. The standard InChI is InChI=1S/C45H33N5O2/c1-27-5-13-31(14-6-27)49(32-15-7-28(2)8-16-32)44-42-35(21-23-47-44)37-25-38-36-22-24-48-45(43(36)52-41(38)39(26-46)40(37)51-42)50(33-17-9-29(3)10-18-33)34-19-11-30(4)12-20-34/h5-25H,1-4H3. The van der Waals surface area contributed by atoms with Gasteiger partial charge in [-0.05, 0) is 94.4 Å². The summed E-state index contributed by atoms with van der Waals surface area (Å²) in [6, 6.07) is 41.8. The lowest BCUT2D eigenvalue weighted by atomic mass is 10.0. The summed E-state index contributed by atoms with van der Waals surface area (Å²) in [6.45, 7) is 8.29. The Morgan fingerprint density at radius 3 is 1.08 bits per heavy atom. The first-order valence-electron chi connectivity index (χ1n) is 17.2. The van der Waals surface area contributed by atoms with Crippen LogP contribution in [0.25, 0.3) is 43.9 Å². The minimum Gasteiger partial charge on any atom is -0.451 e. The van der Waals surface area contributed by atoms with Crippen LogP contribution in [-0.4, -0.2) is 9.97 Å². The lowest BCUT2D eigenvalue weighted by molar-refractivity contribution is 0.652. The molecule has 0 N–H and O–H groups in total. The van der Waals surface area contributed by atoms with Gasteiger partial charge >= 0.3 is 0 Å². The molecule has 0 bridgehead atoms. The molecule has 0 fully saturated rings. The van der Waals surface area contributed by atoms with Gasteiger partial charge in [0.25, 0.3) is 0 Å². The fourth-order valence-electron chi connectivity index (χ4n) is 6.95. The molecule has 250 valence electrons. The number of nitriles is 1. The summed E-state index contributed by atoms with van der Waals surface area (Å²) < 4.78 is 13.4. The van der Waals surface area contributed by atoms with E-state index in [-0.39, 0.29) is 0 Å². The van der Waals surface area contributed by atoms with Crippen molar-refractivity contribution in [3.63, 3.8) is 0 Å². The molecule has 9 aromatic rings. The quantitative estimate of drug-likeness (QED) is 0.173. The molecule has 0 amide bonds. The van der Waals surface area contributed by atoms with Gasteiger partial charge in [0.05, 0.1) is 0 Å². The molecule has 4 aromatic heterocycles. The van der Waals surface area contributed by atoms with E-state index in [1.54, 1.807) is 12.4 Å². The normalized spacial score (nSPS) is 11.4. The molecule has 5 aromatic carbocycles. The highest BCUT2D eigenvalue weighted by molar-refractivity contribution is 6.20. The van der Waals surface area contributed by atoms with E-state index in [1.165, 1.54) is 0 Å². The number of aromatic nitrogens is 2. The highest BCUT2D eigenvalue weighted by atomic mass is 16.3. The third-order valence-corrected chi connectivity index (χ3v) is 9.70. The van der Waals surface area contributed by atoms with Crippen LogP contribution in [-0.2, 0) is 0 Å². The number of anilines is 6. The van der Waals surface area contributed by atoms with E-state index in [4.69, 9.17) is 18.8 Å². The molecule has 0 saturated heterocycles. The summed E-state index contributed by atoms with van der Waals surface area (Å²) in [4.78, 5) is 13.9. The third-order valence-electron chi connectivity index (χ3n) is 9.70. The number of hydrogen-bond donors (Lipinski definition) is 0. The molecule has 0 aliphatic heterocycles. The van der Waals surface area contributed by atoms with Crippen molar-refractivity contribution >= 4 is 78.3 Å². The number of aryl methyl sites for hydroxylation is 4. The average Bonchev–Trinajstić information content (AvgIpc) is 3.73. The van der Waals surface area contributed by atoms with Gasteiger partial charge in [0.1, 0.15) is 11.6 Å². The van der Waals surface area contributed by atoms with E-state index < -0.39 is 0 Å². The van der Waals surface area contributed by atoms with E-state index >= 15 is 0 Å². The Kier molecular flexibility index (Phi) is 7.27. The fourth-order valence-corrected chi connectivity index (χ4v) is 6.95. The maximum absolute atomic E-state index is 10.7. The number of nitrogens with zero attached hydrogens (tertiary/aromatic N) is 5. The number of fused-ring (bicyclic) bond motifs is 6. The van der Waals surface area contributed by atoms with Gasteiger partial charge < -0.3 is 8.83 Å². The first kappa shape index (κ1) is 31.1. The molecule has 0 aliphatic carbocycles. The fraction of sp³-hybridized carbons (Fsp3) is 0.0889. The topological polar surface area (TPSA) is 82.3 Å². The first-order valence-corrected chi connectivity index (χ1v) is 17.2. The van der Waals surface area contributed by atoms with Gasteiger partial charge in [-0.25, -0.2) is 9.97 Å². The second-order valence-corrected chi connectivity index (χ2v) is 13.4. The molecule has 0 atom stereocenters. The Balaban J connectivity index is 1.28. The van der Waals surface area contributed by atoms with Crippen molar-refractivity contribution < 1.29 is 8.83 Å². The van der Waals surface area contributed by atoms with Crippen LogP contribution in [0.4, 0.5) is 34.4 Å². The molecule has 9 rings (SSSR count). The van der Waals surface area contributed by atoms with E-state index in [0.29, 0.717) is 39.5 Å². The summed E-state index contributed by atoms with van der Waals surface area (Å²) in [5, 5.41) is 14.1. The van der Waals surface area contributed by atoms with E-state index in [2.05, 4.69) is 147 Å². The van der Waals surface area contributed by atoms with Gasteiger partial charge in [-0.15, -0.1) is 0 Å². The summed E-state index contributed by atoms with van der Waals surface area (Å²) in [5.41, 5.74) is 10.8. The van der Waals surface area contributed by atoms with Crippen LogP contribution in [0.5, 0.6) is 0 Å². The van der Waals surface area contributed by atoms with Crippen molar-refractivity contribution in [2.24, 2.45) is 0 Å². The smallest absolute Gasteiger partial charge is 0.181 e. The number of hydrogen-bond acceptors (Lipinski definition) is 7. The van der Waals surface area contributed by atoms with Gasteiger partial charge in [-0.2, -0.15) is 5.26 Å². The number of pyridine rings is 2. The van der Waals surface area contributed by atoms with Gasteiger partial charge in [0.15, 0.2) is 34.0 Å². The Hall–Kier alpha value is -6.91. The van der Waals surface area contributed by atoms with Crippen LogP contribution in [0.2, 0.25) is 0 Å². The predicted molar refractivity (Wildman–Crippen MR) is 210 cm³/mol. The Morgan fingerprint density at radius 1 is 0.442 bits per heavy atom. The van der Waals surface area contributed by atoms with Crippen LogP contribution in [0.1, 0.15) is 27.8 Å². The van der Waals surface area contributed by atoms with Gasteiger partial charge in [-0.1, -0.05) is 70.8 Å². The van der Waals surface area contributed by atoms with Gasteiger partial charge in [0, 0.05) is 56.7 Å². The summed E-state index contributed by atoms with van der Waals surface area (Å²) >= 11 is 0. The molecular weight excluding hydrogens is 643 g/mol. The van der Waals surface area contributed by atoms with Crippen molar-refractivity contribution in [3.05, 3.63) is 155 Å². The van der Waals surface area contributed by atoms with Crippen molar-refractivity contribution in [1.29, 1.82) is 5.26 Å². The number of furan rings is 2. The van der Waals surface area contributed by atoms with Crippen LogP contribution in [0.15, 0.2) is 136 Å². The third kappa shape index (κ3) is 5.04. The Labute approximate surface area is 300 Å². The Morgan fingerprint density at radius 2 is 0.769 bits per heavy atom. The van der Waals surface area contributed by atoms with Crippen LogP contribution in [0.3, 0.4) is 0 Å². The zero-order valence-electron chi connectivity index (χ0n) is 29.2. The van der Waals surface area contributed by atoms with Crippen molar-refractivity contribution in [1.82, 2.24) is 9.97 Å². The van der Waals surface area contributed by atoms with Crippen molar-refractivity contribution in [2.75, 3.05) is 9.80 Å². The van der Waals surface area contributed by atoms with E-state index in [1.807, 2.05) is 12.1 Å². The van der Waals surface area contributed by atoms with Crippen LogP contribution >= 0.6 is 0 Å². The van der Waals surface area contributed by atoms with Crippen LogP contribution in [0, 0.1) is 39.0 Å². The molecule has 4 heterocycles. The summed E-state index contributed by atoms with van der Waals surface area (Å²) in [7, 11) is 0. The molecular formula is C45H33N5O2. The lowest BCUT2D eigenvalue weighted by Crippen LogP contribution is -2.11. The molecule has 52 heavy (non-hydrogen) atoms. The number of rotatable bonds is 6. The summed E-state index contributed by atoms with van der Waals surface area (Å²) in [6.07, 6.45) is 3.60. The van der Waals surface area contributed by atoms with Gasteiger partial charge in [-0.3, -0.25) is 9.80 Å². The minimum absolute atomic E-state index is 0.325. The molecule has 7 heteroatoms.